The van der Waals surface area contributed by atoms with Gasteiger partial charge in [0.25, 0.3) is 10.0 Å². The molecule has 1 fully saturated rings. The van der Waals surface area contributed by atoms with Crippen LogP contribution in [0.3, 0.4) is 0 Å². The Balaban J connectivity index is 2.01. The highest BCUT2D eigenvalue weighted by molar-refractivity contribution is 7.89. The molecule has 0 aromatic carbocycles. The van der Waals surface area contributed by atoms with Crippen molar-refractivity contribution in [2.75, 3.05) is 6.54 Å². The Bertz CT molecular complexity index is 520. The summed E-state index contributed by atoms with van der Waals surface area (Å²) >= 11 is 0. The van der Waals surface area contributed by atoms with Crippen LogP contribution < -0.4 is 4.72 Å². The smallest absolute Gasteiger partial charge is 0.273 e. The zero-order chi connectivity index (χ0) is 13.2. The van der Waals surface area contributed by atoms with E-state index < -0.39 is 10.0 Å². The number of hydrogen-bond acceptors (Lipinski definition) is 4. The molecule has 0 amide bonds. The first-order chi connectivity index (χ1) is 8.53. The van der Waals surface area contributed by atoms with E-state index in [4.69, 9.17) is 4.42 Å². The molecule has 18 heavy (non-hydrogen) atoms. The van der Waals surface area contributed by atoms with Crippen LogP contribution in [0.2, 0.25) is 0 Å². The molecule has 5 nitrogen and oxygen atoms in total. The molecule has 0 saturated heterocycles. The molecule has 1 heterocycles. The normalized spacial score (nSPS) is 24.3. The third-order valence-corrected chi connectivity index (χ3v) is 4.85. The molecule has 0 radical (unpaired) electrons. The fraction of sp³-hybridized carbons (Fsp3) is 0.583. The Labute approximate surface area is 107 Å². The van der Waals surface area contributed by atoms with E-state index in [0.29, 0.717) is 24.7 Å². The largest absolute Gasteiger partial charge is 0.440 e. The van der Waals surface area contributed by atoms with Gasteiger partial charge in [-0.25, -0.2) is 13.1 Å². The van der Waals surface area contributed by atoms with Gasteiger partial charge in [-0.1, -0.05) is 19.8 Å². The van der Waals surface area contributed by atoms with E-state index in [1.54, 1.807) is 0 Å². The lowest BCUT2D eigenvalue weighted by Gasteiger charge is -2.15. The predicted molar refractivity (Wildman–Crippen MR) is 65.8 cm³/mol. The Morgan fingerprint density at radius 1 is 1.44 bits per heavy atom. The van der Waals surface area contributed by atoms with Gasteiger partial charge in [-0.05, 0) is 30.4 Å². The maximum absolute atomic E-state index is 11.9. The first kappa shape index (κ1) is 13.3. The molecular weight excluding hydrogens is 254 g/mol. The van der Waals surface area contributed by atoms with Gasteiger partial charge in [0, 0.05) is 6.54 Å². The zero-order valence-electron chi connectivity index (χ0n) is 10.3. The second-order valence-corrected chi connectivity index (χ2v) is 6.49. The van der Waals surface area contributed by atoms with E-state index in [1.165, 1.54) is 12.1 Å². The van der Waals surface area contributed by atoms with Crippen molar-refractivity contribution in [3.8, 4) is 0 Å². The van der Waals surface area contributed by atoms with E-state index in [9.17, 15) is 13.2 Å². The molecule has 1 aromatic rings. The summed E-state index contributed by atoms with van der Waals surface area (Å²) in [7, 11) is -3.64. The van der Waals surface area contributed by atoms with Gasteiger partial charge in [0.05, 0.1) is 0 Å². The molecule has 0 aliphatic heterocycles. The summed E-state index contributed by atoms with van der Waals surface area (Å²) in [5.74, 6) is 0.958. The number of nitrogens with one attached hydrogen (secondary N) is 1. The van der Waals surface area contributed by atoms with Crippen molar-refractivity contribution in [2.45, 2.75) is 31.3 Å². The number of sulfonamides is 1. The second kappa shape index (κ2) is 5.24. The van der Waals surface area contributed by atoms with Crippen molar-refractivity contribution < 1.29 is 17.6 Å². The van der Waals surface area contributed by atoms with E-state index >= 15 is 0 Å². The SMILES string of the molecule is CC1CCCC1CNS(=O)(=O)c1ccc(C=O)o1. The fourth-order valence-electron chi connectivity index (χ4n) is 2.36. The maximum atomic E-state index is 11.9. The quantitative estimate of drug-likeness (QED) is 0.829. The average molecular weight is 271 g/mol. The summed E-state index contributed by atoms with van der Waals surface area (Å²) in [6.45, 7) is 2.57. The standard InChI is InChI=1S/C12H17NO4S/c1-9-3-2-4-10(9)7-13-18(15,16)12-6-5-11(8-14)17-12/h5-6,8-10,13H,2-4,7H2,1H3. The molecule has 0 bridgehead atoms. The summed E-state index contributed by atoms with van der Waals surface area (Å²) in [6.07, 6.45) is 3.85. The highest BCUT2D eigenvalue weighted by Crippen LogP contribution is 2.30. The number of furan rings is 1. The molecule has 1 aliphatic rings. The van der Waals surface area contributed by atoms with E-state index in [0.717, 1.165) is 19.3 Å². The van der Waals surface area contributed by atoms with Crippen LogP contribution in [-0.2, 0) is 10.0 Å². The monoisotopic (exact) mass is 271 g/mol. The summed E-state index contributed by atoms with van der Waals surface area (Å²) in [6, 6.07) is 2.64. The second-order valence-electron chi connectivity index (χ2n) is 4.79. The molecular formula is C12H17NO4S. The Morgan fingerprint density at radius 3 is 2.78 bits per heavy atom. The van der Waals surface area contributed by atoms with E-state index in [-0.39, 0.29) is 10.9 Å². The summed E-state index contributed by atoms with van der Waals surface area (Å²) in [5, 5.41) is -0.199. The van der Waals surface area contributed by atoms with Crippen molar-refractivity contribution in [1.82, 2.24) is 4.72 Å². The fourth-order valence-corrected chi connectivity index (χ4v) is 3.38. The molecule has 100 valence electrons. The van der Waals surface area contributed by atoms with Gasteiger partial charge in [-0.2, -0.15) is 0 Å². The molecule has 2 atom stereocenters. The number of hydrogen-bond donors (Lipinski definition) is 1. The van der Waals surface area contributed by atoms with Gasteiger partial charge in [-0.3, -0.25) is 4.79 Å². The topological polar surface area (TPSA) is 76.4 Å². The minimum Gasteiger partial charge on any atom is -0.440 e. The lowest BCUT2D eigenvalue weighted by Crippen LogP contribution is -2.30. The lowest BCUT2D eigenvalue weighted by atomic mass is 9.99. The highest BCUT2D eigenvalue weighted by Gasteiger charge is 2.26. The van der Waals surface area contributed by atoms with Crippen molar-refractivity contribution >= 4 is 16.3 Å². The molecule has 1 saturated carbocycles. The Morgan fingerprint density at radius 2 is 2.22 bits per heavy atom. The predicted octanol–water partition coefficient (Wildman–Crippen LogP) is 1.81. The highest BCUT2D eigenvalue weighted by atomic mass is 32.2. The minimum absolute atomic E-state index is 0.0182. The first-order valence-electron chi connectivity index (χ1n) is 6.07. The maximum Gasteiger partial charge on any atom is 0.273 e. The van der Waals surface area contributed by atoms with Crippen LogP contribution in [0.25, 0.3) is 0 Å². The zero-order valence-corrected chi connectivity index (χ0v) is 11.1. The number of carbonyl (C=O) groups excluding carboxylic acids is 1. The van der Waals surface area contributed by atoms with Gasteiger partial charge < -0.3 is 4.42 Å². The molecule has 1 aromatic heterocycles. The van der Waals surface area contributed by atoms with Crippen LogP contribution in [0.5, 0.6) is 0 Å². The third kappa shape index (κ3) is 2.81. The van der Waals surface area contributed by atoms with Crippen LogP contribution in [0, 0.1) is 11.8 Å². The average Bonchev–Trinajstić information content (AvgIpc) is 2.95. The van der Waals surface area contributed by atoms with Crippen molar-refractivity contribution in [3.05, 3.63) is 17.9 Å². The molecule has 6 heteroatoms. The van der Waals surface area contributed by atoms with Crippen LogP contribution in [0.1, 0.15) is 36.7 Å². The third-order valence-electron chi connectivity index (χ3n) is 3.56. The van der Waals surface area contributed by atoms with Crippen LogP contribution in [0.4, 0.5) is 0 Å². The minimum atomic E-state index is -3.64. The van der Waals surface area contributed by atoms with Crippen LogP contribution >= 0.6 is 0 Å². The molecule has 2 unspecified atom stereocenters. The van der Waals surface area contributed by atoms with Gasteiger partial charge in [-0.15, -0.1) is 0 Å². The van der Waals surface area contributed by atoms with E-state index in [2.05, 4.69) is 11.6 Å². The van der Waals surface area contributed by atoms with Gasteiger partial charge in [0.2, 0.25) is 5.09 Å². The van der Waals surface area contributed by atoms with Crippen LogP contribution in [-0.4, -0.2) is 21.2 Å². The molecule has 2 rings (SSSR count). The molecule has 1 N–H and O–H groups in total. The van der Waals surface area contributed by atoms with Crippen LogP contribution in [0.15, 0.2) is 21.6 Å². The van der Waals surface area contributed by atoms with Crippen molar-refractivity contribution in [3.63, 3.8) is 0 Å². The summed E-state index contributed by atoms with van der Waals surface area (Å²) in [5.41, 5.74) is 0. The lowest BCUT2D eigenvalue weighted by molar-refractivity contribution is 0.109. The molecule has 1 aliphatic carbocycles. The number of carbonyl (C=O) groups is 1. The number of aldehydes is 1. The van der Waals surface area contributed by atoms with Gasteiger partial charge in [0.15, 0.2) is 12.0 Å². The van der Waals surface area contributed by atoms with Gasteiger partial charge >= 0.3 is 0 Å². The number of rotatable bonds is 5. The Kier molecular flexibility index (Phi) is 3.87. The summed E-state index contributed by atoms with van der Waals surface area (Å²) in [4.78, 5) is 10.4. The first-order valence-corrected chi connectivity index (χ1v) is 7.56. The van der Waals surface area contributed by atoms with E-state index in [1.807, 2.05) is 0 Å². The van der Waals surface area contributed by atoms with Crippen molar-refractivity contribution in [2.24, 2.45) is 11.8 Å². The Hall–Kier alpha value is -1.14. The van der Waals surface area contributed by atoms with Gasteiger partial charge in [0.1, 0.15) is 0 Å². The molecule has 0 spiro atoms. The summed E-state index contributed by atoms with van der Waals surface area (Å²) < 4.78 is 31.3. The van der Waals surface area contributed by atoms with Crippen molar-refractivity contribution in [1.29, 1.82) is 0 Å².